The van der Waals surface area contributed by atoms with Crippen LogP contribution in [-0.2, 0) is 11.3 Å². The molecule has 2 aromatic rings. The topological polar surface area (TPSA) is 72.9 Å². The second-order valence-electron chi connectivity index (χ2n) is 4.04. The summed E-state index contributed by atoms with van der Waals surface area (Å²) in [5.74, 6) is -0.776. The van der Waals surface area contributed by atoms with E-state index in [1.165, 1.54) is 16.8 Å². The van der Waals surface area contributed by atoms with Crippen LogP contribution in [0.2, 0.25) is 5.02 Å². The number of rotatable bonds is 3. The summed E-state index contributed by atoms with van der Waals surface area (Å²) in [7, 11) is 0. The fourth-order valence-electron chi connectivity index (χ4n) is 1.56. The molecule has 1 aromatic carbocycles. The largest absolute Gasteiger partial charge is 0.397 e. The maximum Gasteiger partial charge on any atom is 0.246 e. The zero-order valence-electron chi connectivity index (χ0n) is 10.2. The van der Waals surface area contributed by atoms with Crippen LogP contribution in [0, 0.1) is 12.7 Å². The van der Waals surface area contributed by atoms with Gasteiger partial charge in [-0.2, -0.15) is 5.10 Å². The zero-order valence-corrected chi connectivity index (χ0v) is 10.9. The van der Waals surface area contributed by atoms with Crippen molar-refractivity contribution in [3.63, 3.8) is 0 Å². The number of carbonyl (C=O) groups is 1. The first kappa shape index (κ1) is 13.4. The Labute approximate surface area is 114 Å². The minimum absolute atomic E-state index is 0.00434. The fourth-order valence-corrected chi connectivity index (χ4v) is 1.71. The van der Waals surface area contributed by atoms with Crippen molar-refractivity contribution in [2.75, 3.05) is 11.1 Å². The van der Waals surface area contributed by atoms with Crippen molar-refractivity contribution in [1.29, 1.82) is 0 Å². The number of nitrogens with one attached hydrogen (secondary N) is 1. The van der Waals surface area contributed by atoms with Crippen molar-refractivity contribution in [1.82, 2.24) is 9.78 Å². The molecule has 0 saturated heterocycles. The highest BCUT2D eigenvalue weighted by Gasteiger charge is 2.09. The number of halogens is 2. The highest BCUT2D eigenvalue weighted by Crippen LogP contribution is 2.19. The second-order valence-corrected chi connectivity index (χ2v) is 4.45. The molecule has 5 nitrogen and oxygen atoms in total. The first-order chi connectivity index (χ1) is 8.95. The van der Waals surface area contributed by atoms with Crippen LogP contribution in [0.5, 0.6) is 0 Å². The molecule has 0 aliphatic carbocycles. The van der Waals surface area contributed by atoms with Crippen LogP contribution in [-0.4, -0.2) is 15.7 Å². The molecule has 0 saturated carbocycles. The molecule has 0 unspecified atom stereocenters. The van der Waals surface area contributed by atoms with Crippen molar-refractivity contribution in [3.05, 3.63) is 40.9 Å². The fraction of sp³-hybridized carbons (Fsp3) is 0.167. The lowest BCUT2D eigenvalue weighted by molar-refractivity contribution is -0.116. The predicted molar refractivity (Wildman–Crippen MR) is 71.4 cm³/mol. The van der Waals surface area contributed by atoms with E-state index in [9.17, 15) is 9.18 Å². The smallest absolute Gasteiger partial charge is 0.246 e. The number of nitrogens with zero attached hydrogens (tertiary/aromatic N) is 2. The van der Waals surface area contributed by atoms with Crippen molar-refractivity contribution < 1.29 is 9.18 Å². The Morgan fingerprint density at radius 3 is 2.89 bits per heavy atom. The molecule has 1 heterocycles. The van der Waals surface area contributed by atoms with E-state index in [-0.39, 0.29) is 18.1 Å². The number of aryl methyl sites for hydroxylation is 1. The SMILES string of the molecule is Cc1nn(CC(=O)Nc2ccc(F)cc2N)cc1Cl. The molecule has 0 aliphatic rings. The van der Waals surface area contributed by atoms with E-state index < -0.39 is 5.82 Å². The molecular weight excluding hydrogens is 271 g/mol. The summed E-state index contributed by atoms with van der Waals surface area (Å²) in [6, 6.07) is 3.77. The molecule has 0 spiro atoms. The van der Waals surface area contributed by atoms with Gasteiger partial charge in [0.2, 0.25) is 5.91 Å². The first-order valence-corrected chi connectivity index (χ1v) is 5.88. The highest BCUT2D eigenvalue weighted by atomic mass is 35.5. The number of carbonyl (C=O) groups excluding carboxylic acids is 1. The number of amides is 1. The van der Waals surface area contributed by atoms with Gasteiger partial charge in [0.1, 0.15) is 12.4 Å². The average molecular weight is 283 g/mol. The zero-order chi connectivity index (χ0) is 14.0. The number of nitrogens with two attached hydrogens (primary N) is 1. The van der Waals surface area contributed by atoms with Gasteiger partial charge in [0.15, 0.2) is 0 Å². The molecule has 3 N–H and O–H groups in total. The van der Waals surface area contributed by atoms with Gasteiger partial charge in [-0.3, -0.25) is 9.48 Å². The molecular formula is C12H12ClFN4O. The van der Waals surface area contributed by atoms with Crippen LogP contribution >= 0.6 is 11.6 Å². The monoisotopic (exact) mass is 282 g/mol. The Kier molecular flexibility index (Phi) is 3.71. The van der Waals surface area contributed by atoms with E-state index in [0.717, 1.165) is 6.07 Å². The van der Waals surface area contributed by atoms with Crippen LogP contribution in [0.4, 0.5) is 15.8 Å². The molecule has 19 heavy (non-hydrogen) atoms. The molecule has 0 fully saturated rings. The lowest BCUT2D eigenvalue weighted by Gasteiger charge is -2.08. The van der Waals surface area contributed by atoms with Crippen LogP contribution in [0.1, 0.15) is 5.69 Å². The van der Waals surface area contributed by atoms with Gasteiger partial charge < -0.3 is 11.1 Å². The van der Waals surface area contributed by atoms with E-state index in [0.29, 0.717) is 16.4 Å². The number of aromatic nitrogens is 2. The Balaban J connectivity index is 2.05. The second kappa shape index (κ2) is 5.27. The minimum Gasteiger partial charge on any atom is -0.397 e. The maximum absolute atomic E-state index is 12.9. The Hall–Kier alpha value is -2.08. The summed E-state index contributed by atoms with van der Waals surface area (Å²) < 4.78 is 14.3. The van der Waals surface area contributed by atoms with Crippen LogP contribution in [0.25, 0.3) is 0 Å². The average Bonchev–Trinajstić information content (AvgIpc) is 2.62. The summed E-state index contributed by atoms with van der Waals surface area (Å²) in [6.45, 7) is 1.75. The number of benzene rings is 1. The molecule has 7 heteroatoms. The van der Waals surface area contributed by atoms with Gasteiger partial charge >= 0.3 is 0 Å². The number of anilines is 2. The van der Waals surface area contributed by atoms with Gasteiger partial charge in [0, 0.05) is 6.20 Å². The van der Waals surface area contributed by atoms with E-state index in [1.54, 1.807) is 13.1 Å². The van der Waals surface area contributed by atoms with Gasteiger partial charge in [-0.05, 0) is 25.1 Å². The lowest BCUT2D eigenvalue weighted by atomic mass is 10.2. The third kappa shape index (κ3) is 3.23. The van der Waals surface area contributed by atoms with Gasteiger partial charge in [0.25, 0.3) is 0 Å². The third-order valence-corrected chi connectivity index (χ3v) is 2.85. The molecule has 0 bridgehead atoms. The van der Waals surface area contributed by atoms with E-state index in [1.807, 2.05) is 0 Å². The highest BCUT2D eigenvalue weighted by molar-refractivity contribution is 6.31. The van der Waals surface area contributed by atoms with E-state index in [2.05, 4.69) is 10.4 Å². The minimum atomic E-state index is -0.454. The van der Waals surface area contributed by atoms with Crippen molar-refractivity contribution in [3.8, 4) is 0 Å². The van der Waals surface area contributed by atoms with E-state index >= 15 is 0 Å². The van der Waals surface area contributed by atoms with Crippen molar-refractivity contribution >= 4 is 28.9 Å². The third-order valence-electron chi connectivity index (χ3n) is 2.48. The Morgan fingerprint density at radius 2 is 2.32 bits per heavy atom. The molecule has 100 valence electrons. The van der Waals surface area contributed by atoms with Crippen LogP contribution < -0.4 is 11.1 Å². The summed E-state index contributed by atoms with van der Waals surface area (Å²) >= 11 is 5.84. The van der Waals surface area contributed by atoms with Crippen LogP contribution in [0.3, 0.4) is 0 Å². The first-order valence-electron chi connectivity index (χ1n) is 5.50. The lowest BCUT2D eigenvalue weighted by Crippen LogP contribution is -2.19. The molecule has 0 atom stereocenters. The standard InChI is InChI=1S/C12H12ClFN4O/c1-7-9(13)5-18(17-7)6-12(19)16-11-3-2-8(14)4-10(11)15/h2-5H,6,15H2,1H3,(H,16,19). The number of nitrogen functional groups attached to an aromatic ring is 1. The Bertz CT molecular complexity index is 607. The molecule has 0 aliphatic heterocycles. The molecule has 2 rings (SSSR count). The van der Waals surface area contributed by atoms with Crippen molar-refractivity contribution in [2.45, 2.75) is 13.5 Å². The van der Waals surface area contributed by atoms with Gasteiger partial charge in [-0.25, -0.2) is 4.39 Å². The number of hydrogen-bond donors (Lipinski definition) is 2. The van der Waals surface area contributed by atoms with Gasteiger partial charge in [-0.1, -0.05) is 11.6 Å². The normalized spacial score (nSPS) is 10.5. The summed E-state index contributed by atoms with van der Waals surface area (Å²) in [5.41, 5.74) is 6.77. The summed E-state index contributed by atoms with van der Waals surface area (Å²) in [6.07, 6.45) is 1.56. The predicted octanol–water partition coefficient (Wildman–Crippen LogP) is 2.20. The molecule has 1 aromatic heterocycles. The summed E-state index contributed by atoms with van der Waals surface area (Å²) in [5, 5.41) is 7.14. The number of hydrogen-bond acceptors (Lipinski definition) is 3. The van der Waals surface area contributed by atoms with Gasteiger partial charge in [-0.15, -0.1) is 0 Å². The van der Waals surface area contributed by atoms with Gasteiger partial charge in [0.05, 0.1) is 22.1 Å². The van der Waals surface area contributed by atoms with Crippen LogP contribution in [0.15, 0.2) is 24.4 Å². The molecule has 1 amide bonds. The Morgan fingerprint density at radius 1 is 1.58 bits per heavy atom. The summed E-state index contributed by atoms with van der Waals surface area (Å²) in [4.78, 5) is 11.8. The maximum atomic E-state index is 12.9. The van der Waals surface area contributed by atoms with E-state index in [4.69, 9.17) is 17.3 Å². The van der Waals surface area contributed by atoms with Crippen molar-refractivity contribution in [2.24, 2.45) is 0 Å². The molecule has 0 radical (unpaired) electrons. The quantitative estimate of drug-likeness (QED) is 0.848.